The van der Waals surface area contributed by atoms with E-state index in [2.05, 4.69) is 4.90 Å². The summed E-state index contributed by atoms with van der Waals surface area (Å²) in [5, 5.41) is 31.2. The lowest BCUT2D eigenvalue weighted by Gasteiger charge is -2.39. The minimum Gasteiger partial charge on any atom is -0.508 e. The third-order valence-electron chi connectivity index (χ3n) is 5.42. The van der Waals surface area contributed by atoms with Gasteiger partial charge in [0, 0.05) is 19.6 Å². The van der Waals surface area contributed by atoms with Crippen LogP contribution in [-0.2, 0) is 5.60 Å². The highest BCUT2D eigenvalue weighted by Crippen LogP contribution is 2.34. The molecule has 1 atom stereocenters. The van der Waals surface area contributed by atoms with Gasteiger partial charge < -0.3 is 20.2 Å². The number of likely N-dealkylation sites (tertiary alicyclic amines) is 1. The van der Waals surface area contributed by atoms with E-state index >= 15 is 0 Å². The van der Waals surface area contributed by atoms with Crippen molar-refractivity contribution in [2.45, 2.75) is 38.4 Å². The van der Waals surface area contributed by atoms with E-state index in [1.165, 1.54) is 12.1 Å². The Morgan fingerprint density at radius 3 is 2.46 bits per heavy atom. The highest BCUT2D eigenvalue weighted by atomic mass is 19.1. The molecule has 3 rings (SSSR count). The summed E-state index contributed by atoms with van der Waals surface area (Å²) < 4.78 is 13.5. The van der Waals surface area contributed by atoms with E-state index in [0.29, 0.717) is 38.0 Å². The second-order valence-electron chi connectivity index (χ2n) is 7.35. The molecule has 2 aromatic carbocycles. The zero-order chi connectivity index (χ0) is 18.9. The molecule has 0 amide bonds. The van der Waals surface area contributed by atoms with E-state index in [1.807, 2.05) is 19.9 Å². The van der Waals surface area contributed by atoms with Gasteiger partial charge in [-0.3, -0.25) is 0 Å². The maximum Gasteiger partial charge on any atom is 0.123 e. The molecule has 26 heavy (non-hydrogen) atoms. The molecule has 1 aliphatic heterocycles. The number of nitrogens with zero attached hydrogens (tertiary/aromatic N) is 1. The molecule has 0 radical (unpaired) electrons. The molecule has 1 fully saturated rings. The third kappa shape index (κ3) is 3.90. The first-order valence-electron chi connectivity index (χ1n) is 8.97. The molecule has 140 valence electrons. The van der Waals surface area contributed by atoms with Crippen LogP contribution < -0.4 is 0 Å². The van der Waals surface area contributed by atoms with Crippen molar-refractivity contribution in [2.75, 3.05) is 19.6 Å². The summed E-state index contributed by atoms with van der Waals surface area (Å²) in [4.78, 5) is 2.11. The second-order valence-corrected chi connectivity index (χ2v) is 7.35. The average Bonchev–Trinajstić information content (AvgIpc) is 2.60. The molecule has 0 aliphatic carbocycles. The topological polar surface area (TPSA) is 63.9 Å². The van der Waals surface area contributed by atoms with Gasteiger partial charge in [-0.05, 0) is 73.2 Å². The molecule has 4 nitrogen and oxygen atoms in total. The number of aryl methyl sites for hydroxylation is 2. The number of aliphatic hydroxyl groups is 2. The lowest BCUT2D eigenvalue weighted by molar-refractivity contribution is -0.0347. The first-order chi connectivity index (χ1) is 12.3. The number of hydrogen-bond donors (Lipinski definition) is 3. The Balaban J connectivity index is 1.64. The summed E-state index contributed by atoms with van der Waals surface area (Å²) in [6.45, 7) is 5.40. The Hall–Kier alpha value is -1.95. The van der Waals surface area contributed by atoms with Gasteiger partial charge >= 0.3 is 0 Å². The van der Waals surface area contributed by atoms with Crippen molar-refractivity contribution >= 4 is 0 Å². The number of benzene rings is 2. The molecular formula is C21H26FNO3. The number of aromatic hydroxyl groups is 1. The number of phenols is 1. The summed E-state index contributed by atoms with van der Waals surface area (Å²) in [6, 6.07) is 9.65. The fourth-order valence-electron chi connectivity index (χ4n) is 3.70. The van der Waals surface area contributed by atoms with Crippen LogP contribution in [0.4, 0.5) is 4.39 Å². The highest BCUT2D eigenvalue weighted by molar-refractivity contribution is 5.41. The van der Waals surface area contributed by atoms with Crippen LogP contribution in [0.15, 0.2) is 36.4 Å². The van der Waals surface area contributed by atoms with Crippen molar-refractivity contribution in [1.82, 2.24) is 4.90 Å². The Labute approximate surface area is 153 Å². The van der Waals surface area contributed by atoms with E-state index in [-0.39, 0.29) is 11.6 Å². The van der Waals surface area contributed by atoms with Crippen molar-refractivity contribution < 1.29 is 19.7 Å². The SMILES string of the molecule is Cc1cc(C(O)CN2CCC(O)(c3cccc(F)c3)CC2)c(C)cc1O. The summed E-state index contributed by atoms with van der Waals surface area (Å²) in [5.41, 5.74) is 2.00. The lowest BCUT2D eigenvalue weighted by atomic mass is 9.84. The van der Waals surface area contributed by atoms with Crippen LogP contribution in [0.1, 0.15) is 41.2 Å². The van der Waals surface area contributed by atoms with Gasteiger partial charge in [-0.15, -0.1) is 0 Å². The van der Waals surface area contributed by atoms with E-state index in [9.17, 15) is 19.7 Å². The van der Waals surface area contributed by atoms with Gasteiger partial charge in [0.15, 0.2) is 0 Å². The van der Waals surface area contributed by atoms with Crippen LogP contribution in [0.2, 0.25) is 0 Å². The van der Waals surface area contributed by atoms with E-state index in [1.54, 1.807) is 18.2 Å². The number of halogens is 1. The molecule has 3 N–H and O–H groups in total. The summed E-state index contributed by atoms with van der Waals surface area (Å²) >= 11 is 0. The quantitative estimate of drug-likeness (QED) is 0.785. The molecule has 0 bridgehead atoms. The number of rotatable bonds is 4. The highest BCUT2D eigenvalue weighted by Gasteiger charge is 2.34. The number of β-amino-alcohol motifs (C(OH)–C–C–N with tert-alkyl or cyclic N) is 1. The van der Waals surface area contributed by atoms with E-state index in [4.69, 9.17) is 0 Å². The number of aliphatic hydroxyl groups excluding tert-OH is 1. The van der Waals surface area contributed by atoms with Crippen LogP contribution in [-0.4, -0.2) is 39.9 Å². The third-order valence-corrected chi connectivity index (χ3v) is 5.42. The molecule has 0 aromatic heterocycles. The first-order valence-corrected chi connectivity index (χ1v) is 8.97. The molecular weight excluding hydrogens is 333 g/mol. The Bertz CT molecular complexity index is 785. The largest absolute Gasteiger partial charge is 0.508 e. The summed E-state index contributed by atoms with van der Waals surface area (Å²) in [5.74, 6) is -0.108. The summed E-state index contributed by atoms with van der Waals surface area (Å²) in [7, 11) is 0. The zero-order valence-corrected chi connectivity index (χ0v) is 15.2. The molecule has 1 unspecified atom stereocenters. The molecule has 0 spiro atoms. The lowest BCUT2D eigenvalue weighted by Crippen LogP contribution is -2.44. The van der Waals surface area contributed by atoms with Gasteiger partial charge in [0.1, 0.15) is 11.6 Å². The predicted octanol–water partition coefficient (Wildman–Crippen LogP) is 3.17. The standard InChI is InChI=1S/C21H26FNO3/c1-14-11-19(24)15(2)10-18(14)20(25)13-23-8-6-21(26,7-9-23)16-4-3-5-17(22)12-16/h3-5,10-12,20,24-26H,6-9,13H2,1-2H3. The minimum absolute atomic E-state index is 0.233. The van der Waals surface area contributed by atoms with Gasteiger partial charge in [0.05, 0.1) is 11.7 Å². The molecule has 1 saturated heterocycles. The summed E-state index contributed by atoms with van der Waals surface area (Å²) in [6.07, 6.45) is 0.336. The minimum atomic E-state index is -1.02. The number of phenolic OH excluding ortho intramolecular Hbond substituents is 1. The molecule has 5 heteroatoms. The van der Waals surface area contributed by atoms with Gasteiger partial charge in [-0.25, -0.2) is 4.39 Å². The van der Waals surface area contributed by atoms with Gasteiger partial charge in [-0.1, -0.05) is 12.1 Å². The Morgan fingerprint density at radius 1 is 1.12 bits per heavy atom. The maximum absolute atomic E-state index is 13.5. The normalized spacial score (nSPS) is 18.7. The van der Waals surface area contributed by atoms with Crippen molar-refractivity contribution in [3.05, 3.63) is 64.5 Å². The van der Waals surface area contributed by atoms with Crippen molar-refractivity contribution in [1.29, 1.82) is 0 Å². The smallest absolute Gasteiger partial charge is 0.123 e. The van der Waals surface area contributed by atoms with E-state index < -0.39 is 11.7 Å². The van der Waals surface area contributed by atoms with Crippen LogP contribution in [0.3, 0.4) is 0 Å². The fourth-order valence-corrected chi connectivity index (χ4v) is 3.70. The van der Waals surface area contributed by atoms with Gasteiger partial charge in [0.2, 0.25) is 0 Å². The van der Waals surface area contributed by atoms with Gasteiger partial charge in [0.25, 0.3) is 0 Å². The Morgan fingerprint density at radius 2 is 1.81 bits per heavy atom. The van der Waals surface area contributed by atoms with Crippen molar-refractivity contribution in [2.24, 2.45) is 0 Å². The number of hydrogen-bond acceptors (Lipinski definition) is 4. The van der Waals surface area contributed by atoms with Crippen molar-refractivity contribution in [3.63, 3.8) is 0 Å². The van der Waals surface area contributed by atoms with Crippen molar-refractivity contribution in [3.8, 4) is 5.75 Å². The van der Waals surface area contributed by atoms with Crippen LogP contribution in [0.25, 0.3) is 0 Å². The zero-order valence-electron chi connectivity index (χ0n) is 15.2. The molecule has 1 aliphatic rings. The Kier molecular flexibility index (Phi) is 5.32. The average molecular weight is 359 g/mol. The fraction of sp³-hybridized carbons (Fsp3) is 0.429. The van der Waals surface area contributed by atoms with Gasteiger partial charge in [-0.2, -0.15) is 0 Å². The maximum atomic E-state index is 13.5. The predicted molar refractivity (Wildman–Crippen MR) is 98.5 cm³/mol. The van der Waals surface area contributed by atoms with Crippen LogP contribution in [0, 0.1) is 19.7 Å². The monoisotopic (exact) mass is 359 g/mol. The van der Waals surface area contributed by atoms with Crippen LogP contribution >= 0.6 is 0 Å². The van der Waals surface area contributed by atoms with Crippen LogP contribution in [0.5, 0.6) is 5.75 Å². The first kappa shape index (κ1) is 18.8. The second kappa shape index (κ2) is 7.35. The molecule has 2 aromatic rings. The van der Waals surface area contributed by atoms with E-state index in [0.717, 1.165) is 16.7 Å². The molecule has 0 saturated carbocycles. The number of piperidine rings is 1. The molecule has 1 heterocycles.